The molecule has 3 aliphatic carbocycles. The lowest BCUT2D eigenvalue weighted by molar-refractivity contribution is 0.0927. The minimum atomic E-state index is -0.0135. The van der Waals surface area contributed by atoms with Gasteiger partial charge in [-0.25, -0.2) is 0 Å². The number of nitrogens with one attached hydrogen (secondary N) is 1. The molecule has 4 nitrogen and oxygen atoms in total. The Hall–Kier alpha value is -2.23. The molecule has 1 aromatic heterocycles. The highest BCUT2D eigenvalue weighted by Crippen LogP contribution is 2.58. The average Bonchev–Trinajstić information content (AvgIpc) is 3.60. The molecule has 2 aromatic rings. The smallest absolute Gasteiger partial charge is 0.253 e. The molecule has 4 heteroatoms. The van der Waals surface area contributed by atoms with E-state index in [1.807, 2.05) is 0 Å². The minimum Gasteiger partial charge on any atom is -0.493 e. The Morgan fingerprint density at radius 3 is 2.34 bits per heavy atom. The number of hydrogen-bond donors (Lipinski definition) is 1. The van der Waals surface area contributed by atoms with Gasteiger partial charge in [-0.2, -0.15) is 0 Å². The standard InChI is InChI=1S/C34H48N2O2/c1-23-27(32(37)35-25-13-9-6-10-14-25)22-36(30(23)19-24-11-7-5-8-12-24)26-20-28(33(2,3)4)31-29(21-26)34(15-16-34)17-18-38-31/h20-22,24-25H,5-19H2,1-4H3,(H,35,37). The maximum atomic E-state index is 13.7. The van der Waals surface area contributed by atoms with Crippen LogP contribution >= 0.6 is 0 Å². The lowest BCUT2D eigenvalue weighted by Crippen LogP contribution is -2.36. The van der Waals surface area contributed by atoms with Gasteiger partial charge in [0, 0.05) is 40.2 Å². The first-order valence-corrected chi connectivity index (χ1v) is 15.6. The van der Waals surface area contributed by atoms with Crippen LogP contribution in [0.3, 0.4) is 0 Å². The summed E-state index contributed by atoms with van der Waals surface area (Å²) in [6.45, 7) is 9.93. The van der Waals surface area contributed by atoms with E-state index in [1.54, 1.807) is 0 Å². The van der Waals surface area contributed by atoms with E-state index in [4.69, 9.17) is 4.74 Å². The van der Waals surface area contributed by atoms with Crippen LogP contribution in [0, 0.1) is 12.8 Å². The van der Waals surface area contributed by atoms with Crippen LogP contribution in [0.5, 0.6) is 5.75 Å². The number of benzene rings is 1. The maximum Gasteiger partial charge on any atom is 0.253 e. The first kappa shape index (κ1) is 26.0. The number of nitrogens with zero attached hydrogens (tertiary/aromatic N) is 1. The Bertz CT molecular complexity index is 1170. The number of hydrogen-bond acceptors (Lipinski definition) is 2. The zero-order chi connectivity index (χ0) is 26.5. The van der Waals surface area contributed by atoms with E-state index in [-0.39, 0.29) is 11.3 Å². The molecule has 3 fully saturated rings. The number of amides is 1. The van der Waals surface area contributed by atoms with Gasteiger partial charge in [0.25, 0.3) is 5.91 Å². The Kier molecular flexibility index (Phi) is 6.89. The van der Waals surface area contributed by atoms with Gasteiger partial charge in [-0.3, -0.25) is 4.79 Å². The van der Waals surface area contributed by atoms with Crippen LogP contribution in [0.25, 0.3) is 5.69 Å². The van der Waals surface area contributed by atoms with E-state index in [9.17, 15) is 4.79 Å². The van der Waals surface area contributed by atoms with Crippen molar-refractivity contribution in [3.8, 4) is 11.4 Å². The molecule has 0 bridgehead atoms. The highest BCUT2D eigenvalue weighted by atomic mass is 16.5. The predicted octanol–water partition coefficient (Wildman–Crippen LogP) is 8.08. The molecular weight excluding hydrogens is 468 g/mol. The van der Waals surface area contributed by atoms with Crippen LogP contribution in [0.1, 0.15) is 137 Å². The molecule has 0 saturated heterocycles. The van der Waals surface area contributed by atoms with Crippen molar-refractivity contribution in [2.24, 2.45) is 5.92 Å². The number of aromatic nitrogens is 1. The second-order valence-electron chi connectivity index (χ2n) is 14.0. The van der Waals surface area contributed by atoms with E-state index in [0.29, 0.717) is 17.4 Å². The minimum absolute atomic E-state index is 0.0135. The topological polar surface area (TPSA) is 43.3 Å². The van der Waals surface area contributed by atoms with Crippen molar-refractivity contribution < 1.29 is 9.53 Å². The van der Waals surface area contributed by atoms with E-state index < -0.39 is 0 Å². The van der Waals surface area contributed by atoms with Crippen LogP contribution in [-0.2, 0) is 17.3 Å². The number of fused-ring (bicyclic) bond motifs is 2. The van der Waals surface area contributed by atoms with Crippen molar-refractivity contribution in [1.82, 2.24) is 9.88 Å². The number of carbonyl (C=O) groups is 1. The van der Waals surface area contributed by atoms with Crippen molar-refractivity contribution in [2.45, 2.75) is 134 Å². The Morgan fingerprint density at radius 1 is 1.00 bits per heavy atom. The fraction of sp³-hybridized carbons (Fsp3) is 0.676. The second kappa shape index (κ2) is 10.1. The summed E-state index contributed by atoms with van der Waals surface area (Å²) in [5.74, 6) is 1.97. The van der Waals surface area contributed by atoms with E-state index >= 15 is 0 Å². The Labute approximate surface area is 229 Å². The summed E-state index contributed by atoms with van der Waals surface area (Å²) in [4.78, 5) is 13.7. The van der Waals surface area contributed by atoms with E-state index in [0.717, 1.165) is 43.6 Å². The molecule has 1 aromatic carbocycles. The fourth-order valence-corrected chi connectivity index (χ4v) is 7.54. The molecule has 206 valence electrons. The summed E-state index contributed by atoms with van der Waals surface area (Å²) in [5.41, 5.74) is 7.61. The van der Waals surface area contributed by atoms with Crippen molar-refractivity contribution in [3.05, 3.63) is 46.3 Å². The Balaban J connectivity index is 1.44. The second-order valence-corrected chi connectivity index (χ2v) is 14.0. The third-order valence-corrected chi connectivity index (χ3v) is 10.2. The highest BCUT2D eigenvalue weighted by molar-refractivity contribution is 5.96. The predicted molar refractivity (Wildman–Crippen MR) is 155 cm³/mol. The summed E-state index contributed by atoms with van der Waals surface area (Å²) in [5, 5.41) is 3.41. The normalized spacial score (nSPS) is 21.7. The van der Waals surface area contributed by atoms with Gasteiger partial charge in [0.1, 0.15) is 5.75 Å². The molecule has 0 unspecified atom stereocenters. The van der Waals surface area contributed by atoms with Gasteiger partial charge >= 0.3 is 0 Å². The van der Waals surface area contributed by atoms with Gasteiger partial charge in [0.15, 0.2) is 0 Å². The molecule has 1 N–H and O–H groups in total. The van der Waals surface area contributed by atoms with E-state index in [1.165, 1.54) is 92.3 Å². The molecule has 3 saturated carbocycles. The Morgan fingerprint density at radius 2 is 1.68 bits per heavy atom. The summed E-state index contributed by atoms with van der Waals surface area (Å²) in [6, 6.07) is 5.11. The molecule has 6 rings (SSSR count). The zero-order valence-electron chi connectivity index (χ0n) is 24.3. The lowest BCUT2D eigenvalue weighted by atomic mass is 9.80. The monoisotopic (exact) mass is 516 g/mol. The largest absolute Gasteiger partial charge is 0.493 e. The molecule has 0 radical (unpaired) electrons. The van der Waals surface area contributed by atoms with Crippen LogP contribution < -0.4 is 10.1 Å². The van der Waals surface area contributed by atoms with Crippen molar-refractivity contribution in [2.75, 3.05) is 6.61 Å². The summed E-state index contributed by atoms with van der Waals surface area (Å²) < 4.78 is 8.78. The average molecular weight is 517 g/mol. The van der Waals surface area contributed by atoms with Crippen LogP contribution in [0.2, 0.25) is 0 Å². The molecule has 1 spiro atoms. The third kappa shape index (κ3) is 4.93. The lowest BCUT2D eigenvalue weighted by Gasteiger charge is -2.33. The zero-order valence-corrected chi connectivity index (χ0v) is 24.3. The van der Waals surface area contributed by atoms with Crippen molar-refractivity contribution in [3.63, 3.8) is 0 Å². The first-order valence-electron chi connectivity index (χ1n) is 15.6. The van der Waals surface area contributed by atoms with Crippen LogP contribution in [0.15, 0.2) is 18.3 Å². The SMILES string of the molecule is Cc1c(C(=O)NC2CCCCC2)cn(-c2cc(C(C)(C)C)c3c(c2)C2(CCO3)CC2)c1CC1CCCCC1. The summed E-state index contributed by atoms with van der Waals surface area (Å²) in [7, 11) is 0. The highest BCUT2D eigenvalue weighted by Gasteiger charge is 2.49. The molecule has 0 atom stereocenters. The van der Waals surface area contributed by atoms with Crippen molar-refractivity contribution in [1.29, 1.82) is 0 Å². The quantitative estimate of drug-likeness (QED) is 0.436. The molecular formula is C34H48N2O2. The fourth-order valence-electron chi connectivity index (χ4n) is 7.54. The summed E-state index contributed by atoms with van der Waals surface area (Å²) in [6.07, 6.45) is 19.5. The van der Waals surface area contributed by atoms with Gasteiger partial charge in [-0.15, -0.1) is 0 Å². The molecule has 1 amide bonds. The summed E-state index contributed by atoms with van der Waals surface area (Å²) >= 11 is 0. The molecule has 38 heavy (non-hydrogen) atoms. The van der Waals surface area contributed by atoms with Gasteiger partial charge in [0.05, 0.1) is 12.2 Å². The van der Waals surface area contributed by atoms with Crippen LogP contribution in [0.4, 0.5) is 0 Å². The van der Waals surface area contributed by atoms with Gasteiger partial charge in [-0.05, 0) is 74.5 Å². The number of ether oxygens (including phenoxy) is 1. The van der Waals surface area contributed by atoms with E-state index in [2.05, 4.69) is 55.9 Å². The van der Waals surface area contributed by atoms with Gasteiger partial charge in [-0.1, -0.05) is 72.1 Å². The molecule has 4 aliphatic rings. The number of carbonyl (C=O) groups excluding carboxylic acids is 1. The van der Waals surface area contributed by atoms with Gasteiger partial charge in [0.2, 0.25) is 0 Å². The molecule has 1 aliphatic heterocycles. The van der Waals surface area contributed by atoms with Gasteiger partial charge < -0.3 is 14.6 Å². The number of rotatable bonds is 5. The maximum absolute atomic E-state index is 13.7. The molecule has 2 heterocycles. The third-order valence-electron chi connectivity index (χ3n) is 10.2. The van der Waals surface area contributed by atoms with Crippen molar-refractivity contribution >= 4 is 5.91 Å². The van der Waals surface area contributed by atoms with Crippen LogP contribution in [-0.4, -0.2) is 23.1 Å². The first-order chi connectivity index (χ1) is 18.2.